The van der Waals surface area contributed by atoms with E-state index in [1.165, 1.54) is 30.6 Å². The van der Waals surface area contributed by atoms with E-state index < -0.39 is 0 Å². The lowest BCUT2D eigenvalue weighted by Gasteiger charge is -2.32. The Morgan fingerprint density at radius 2 is 2.15 bits per heavy atom. The molecule has 1 nitrogen and oxygen atoms in total. The first-order valence-electron chi connectivity index (χ1n) is 7.63. The summed E-state index contributed by atoms with van der Waals surface area (Å²) >= 11 is 1.89. The standard InChI is InChI=1S/C18H23NS/c1-19-13-15(12-16-8-5-11-20-16)18-10-4-7-14-6-2-3-9-17(14)18/h2-3,5-6,8-9,11,15,18-19H,4,7,10,12-13H2,1H3. The molecule has 20 heavy (non-hydrogen) atoms. The average Bonchev–Trinajstić information content (AvgIpc) is 2.99. The summed E-state index contributed by atoms with van der Waals surface area (Å²) in [6, 6.07) is 13.5. The molecule has 0 spiro atoms. The van der Waals surface area contributed by atoms with Gasteiger partial charge in [-0.2, -0.15) is 0 Å². The van der Waals surface area contributed by atoms with Crippen LogP contribution in [0.25, 0.3) is 0 Å². The van der Waals surface area contributed by atoms with E-state index in [-0.39, 0.29) is 0 Å². The molecule has 1 aromatic heterocycles. The highest BCUT2D eigenvalue weighted by atomic mass is 32.1. The van der Waals surface area contributed by atoms with Gasteiger partial charge in [0.1, 0.15) is 0 Å². The van der Waals surface area contributed by atoms with Crippen molar-refractivity contribution in [2.45, 2.75) is 31.6 Å². The lowest BCUT2D eigenvalue weighted by molar-refractivity contribution is 0.367. The van der Waals surface area contributed by atoms with E-state index in [1.54, 1.807) is 11.1 Å². The number of benzene rings is 1. The summed E-state index contributed by atoms with van der Waals surface area (Å²) in [6.07, 6.45) is 5.15. The van der Waals surface area contributed by atoms with Gasteiger partial charge in [0.25, 0.3) is 0 Å². The molecule has 1 N–H and O–H groups in total. The first kappa shape index (κ1) is 13.8. The van der Waals surface area contributed by atoms with Crippen LogP contribution in [0.1, 0.15) is 34.8 Å². The Balaban J connectivity index is 1.84. The summed E-state index contributed by atoms with van der Waals surface area (Å²) in [5.74, 6) is 1.43. The van der Waals surface area contributed by atoms with Crippen LogP contribution in [0.4, 0.5) is 0 Å². The first-order valence-corrected chi connectivity index (χ1v) is 8.51. The lowest BCUT2D eigenvalue weighted by atomic mass is 9.74. The summed E-state index contributed by atoms with van der Waals surface area (Å²) in [5, 5.41) is 5.61. The van der Waals surface area contributed by atoms with Gasteiger partial charge in [-0.25, -0.2) is 0 Å². The van der Waals surface area contributed by atoms with E-state index in [9.17, 15) is 0 Å². The van der Waals surface area contributed by atoms with Crippen LogP contribution in [-0.2, 0) is 12.8 Å². The van der Waals surface area contributed by atoms with Crippen LogP contribution >= 0.6 is 11.3 Å². The van der Waals surface area contributed by atoms with Crippen LogP contribution in [0.2, 0.25) is 0 Å². The number of thiophene rings is 1. The van der Waals surface area contributed by atoms with Gasteiger partial charge in [0.05, 0.1) is 0 Å². The quantitative estimate of drug-likeness (QED) is 0.866. The van der Waals surface area contributed by atoms with Crippen molar-refractivity contribution in [1.29, 1.82) is 0 Å². The van der Waals surface area contributed by atoms with Crippen molar-refractivity contribution >= 4 is 11.3 Å². The second kappa shape index (κ2) is 6.55. The molecule has 1 aliphatic carbocycles. The van der Waals surface area contributed by atoms with Gasteiger partial charge in [-0.3, -0.25) is 0 Å². The molecule has 1 heterocycles. The van der Waals surface area contributed by atoms with Crippen LogP contribution < -0.4 is 5.32 Å². The number of rotatable bonds is 5. The molecule has 0 fully saturated rings. The van der Waals surface area contributed by atoms with Gasteiger partial charge in [-0.15, -0.1) is 11.3 Å². The minimum atomic E-state index is 0.708. The topological polar surface area (TPSA) is 12.0 Å². The van der Waals surface area contributed by atoms with Crippen molar-refractivity contribution in [2.24, 2.45) is 5.92 Å². The minimum Gasteiger partial charge on any atom is -0.319 e. The van der Waals surface area contributed by atoms with Gasteiger partial charge in [0, 0.05) is 4.88 Å². The predicted octanol–water partition coefficient (Wildman–Crippen LogP) is 4.25. The van der Waals surface area contributed by atoms with Crippen LogP contribution in [0.3, 0.4) is 0 Å². The lowest BCUT2D eigenvalue weighted by Crippen LogP contribution is -2.28. The molecule has 0 aliphatic heterocycles. The second-order valence-corrected chi connectivity index (χ2v) is 6.83. The third-order valence-electron chi connectivity index (χ3n) is 4.49. The molecule has 1 aliphatic rings. The molecule has 0 saturated carbocycles. The summed E-state index contributed by atoms with van der Waals surface area (Å²) < 4.78 is 0. The van der Waals surface area contributed by atoms with Gasteiger partial charge >= 0.3 is 0 Å². The third-order valence-corrected chi connectivity index (χ3v) is 5.39. The molecule has 0 bridgehead atoms. The van der Waals surface area contributed by atoms with E-state index >= 15 is 0 Å². The normalized spacial score (nSPS) is 19.6. The Morgan fingerprint density at radius 1 is 1.25 bits per heavy atom. The minimum absolute atomic E-state index is 0.708. The van der Waals surface area contributed by atoms with Crippen LogP contribution in [0.15, 0.2) is 41.8 Å². The molecule has 106 valence electrons. The van der Waals surface area contributed by atoms with Crippen LogP contribution in [0.5, 0.6) is 0 Å². The Morgan fingerprint density at radius 3 is 2.95 bits per heavy atom. The van der Waals surface area contributed by atoms with Crippen LogP contribution in [0, 0.1) is 5.92 Å². The summed E-state index contributed by atoms with van der Waals surface area (Å²) in [6.45, 7) is 1.11. The van der Waals surface area contributed by atoms with E-state index in [4.69, 9.17) is 0 Å². The molecule has 3 rings (SSSR count). The molecule has 2 aromatic rings. The molecule has 0 saturated heterocycles. The molecule has 2 atom stereocenters. The molecular weight excluding hydrogens is 262 g/mol. The van der Waals surface area contributed by atoms with E-state index in [0.29, 0.717) is 5.92 Å². The maximum Gasteiger partial charge on any atom is 0.00486 e. The fourth-order valence-electron chi connectivity index (χ4n) is 3.59. The largest absolute Gasteiger partial charge is 0.319 e. The van der Waals surface area contributed by atoms with Gasteiger partial charge in [-0.05, 0) is 73.7 Å². The second-order valence-electron chi connectivity index (χ2n) is 5.80. The number of hydrogen-bond acceptors (Lipinski definition) is 2. The maximum absolute atomic E-state index is 3.41. The highest BCUT2D eigenvalue weighted by Crippen LogP contribution is 2.38. The average molecular weight is 285 g/mol. The Hall–Kier alpha value is -1.12. The molecule has 0 amide bonds. The van der Waals surface area contributed by atoms with Crippen LogP contribution in [-0.4, -0.2) is 13.6 Å². The first-order chi connectivity index (χ1) is 9.88. The van der Waals surface area contributed by atoms with Crippen molar-refractivity contribution in [3.63, 3.8) is 0 Å². The number of hydrogen-bond donors (Lipinski definition) is 1. The van der Waals surface area contributed by atoms with E-state index in [2.05, 4.69) is 54.1 Å². The zero-order chi connectivity index (χ0) is 13.8. The highest BCUT2D eigenvalue weighted by Gasteiger charge is 2.27. The Bertz CT molecular complexity index is 532. The van der Waals surface area contributed by atoms with Crippen molar-refractivity contribution < 1.29 is 0 Å². The van der Waals surface area contributed by atoms with Crippen molar-refractivity contribution in [1.82, 2.24) is 5.32 Å². The SMILES string of the molecule is CNCC(Cc1cccs1)C1CCCc2ccccc21. The highest BCUT2D eigenvalue weighted by molar-refractivity contribution is 7.09. The fraction of sp³-hybridized carbons (Fsp3) is 0.444. The van der Waals surface area contributed by atoms with Gasteiger partial charge in [-0.1, -0.05) is 30.3 Å². The molecular formula is C18H23NS. The summed E-state index contributed by atoms with van der Waals surface area (Å²) in [5.41, 5.74) is 3.19. The van der Waals surface area contributed by atoms with Crippen molar-refractivity contribution in [3.05, 3.63) is 57.8 Å². The molecule has 0 radical (unpaired) electrons. The smallest absolute Gasteiger partial charge is 0.00486 e. The monoisotopic (exact) mass is 285 g/mol. The van der Waals surface area contributed by atoms with E-state index in [1.807, 2.05) is 11.3 Å². The molecule has 2 heteroatoms. The molecule has 1 aromatic carbocycles. The predicted molar refractivity (Wildman–Crippen MR) is 87.6 cm³/mol. The van der Waals surface area contributed by atoms with E-state index in [0.717, 1.165) is 12.5 Å². The third kappa shape index (κ3) is 2.97. The number of nitrogens with one attached hydrogen (secondary N) is 1. The fourth-order valence-corrected chi connectivity index (χ4v) is 4.39. The number of aryl methyl sites for hydroxylation is 1. The zero-order valence-corrected chi connectivity index (χ0v) is 13.0. The summed E-state index contributed by atoms with van der Waals surface area (Å²) in [7, 11) is 2.08. The Kier molecular flexibility index (Phi) is 4.54. The van der Waals surface area contributed by atoms with Gasteiger partial charge in [0.2, 0.25) is 0 Å². The summed E-state index contributed by atoms with van der Waals surface area (Å²) in [4.78, 5) is 1.52. The Labute approximate surface area is 126 Å². The van der Waals surface area contributed by atoms with Gasteiger partial charge in [0.15, 0.2) is 0 Å². The molecule has 2 unspecified atom stereocenters. The van der Waals surface area contributed by atoms with Crippen molar-refractivity contribution in [2.75, 3.05) is 13.6 Å². The van der Waals surface area contributed by atoms with Crippen molar-refractivity contribution in [3.8, 4) is 0 Å². The number of fused-ring (bicyclic) bond motifs is 1. The van der Waals surface area contributed by atoms with Gasteiger partial charge < -0.3 is 5.32 Å². The maximum atomic E-state index is 3.41. The zero-order valence-electron chi connectivity index (χ0n) is 12.1.